The predicted octanol–water partition coefficient (Wildman–Crippen LogP) is -2.86. The number of aromatic amines is 1. The number of hydrogen-bond acceptors (Lipinski definition) is 17. The number of amides is 1. The van der Waals surface area contributed by atoms with Gasteiger partial charge in [-0.1, -0.05) is 6.08 Å². The SMILES string of the molecule is NC(=O)C1=CN([C@@H]2O[C@H](COP(=O)(O)OP(=O)(O)OC[C@H]3O[C@@H](n4cnc5c(=O)[nH]cnc54)[C@H](OP(=O)(O)O)[C@@H]3O)C(O)[C@@H]2O)C=CC1. The van der Waals surface area contributed by atoms with Crippen molar-refractivity contribution in [1.82, 2.24) is 24.4 Å². The molecule has 24 nitrogen and oxygen atoms in total. The Kier molecular flexibility index (Phi) is 10.6. The molecule has 10 atom stereocenters. The van der Waals surface area contributed by atoms with Crippen molar-refractivity contribution < 1.29 is 80.7 Å². The molecule has 27 heteroatoms. The molecular weight excluding hydrogens is 717 g/mol. The average molecular weight is 746 g/mol. The number of imidazole rings is 1. The van der Waals surface area contributed by atoms with Crippen LogP contribution in [0.15, 0.2) is 41.5 Å². The van der Waals surface area contributed by atoms with Gasteiger partial charge < -0.3 is 60.0 Å². The number of ether oxygens (including phenoxy) is 2. The molecular formula is C21H29N6O18P3. The van der Waals surface area contributed by atoms with Crippen molar-refractivity contribution in [3.63, 3.8) is 0 Å². The first-order valence-corrected chi connectivity index (χ1v) is 18.0. The number of aliphatic hydroxyl groups is 3. The number of hydrogen-bond donors (Lipinski definition) is 9. The molecule has 0 aromatic carbocycles. The molecule has 3 unspecified atom stereocenters. The minimum atomic E-state index is -5.54. The molecule has 2 fully saturated rings. The van der Waals surface area contributed by atoms with Gasteiger partial charge in [-0.3, -0.25) is 27.7 Å². The lowest BCUT2D eigenvalue weighted by molar-refractivity contribution is -0.115. The number of fused-ring (bicyclic) bond motifs is 1. The van der Waals surface area contributed by atoms with E-state index < -0.39 is 97.2 Å². The summed E-state index contributed by atoms with van der Waals surface area (Å²) in [6.45, 7) is -2.06. The van der Waals surface area contributed by atoms with E-state index in [1.54, 1.807) is 0 Å². The summed E-state index contributed by atoms with van der Waals surface area (Å²) >= 11 is 0. The van der Waals surface area contributed by atoms with Crippen LogP contribution >= 0.6 is 23.5 Å². The first-order valence-electron chi connectivity index (χ1n) is 13.5. The van der Waals surface area contributed by atoms with E-state index in [9.17, 15) is 58.2 Å². The van der Waals surface area contributed by atoms with Gasteiger partial charge in [0.2, 0.25) is 5.91 Å². The van der Waals surface area contributed by atoms with Gasteiger partial charge in [-0.25, -0.2) is 23.7 Å². The maximum absolute atomic E-state index is 12.5. The van der Waals surface area contributed by atoms with E-state index in [2.05, 4.69) is 32.8 Å². The minimum absolute atomic E-state index is 0.152. The molecule has 2 aromatic rings. The van der Waals surface area contributed by atoms with E-state index in [1.807, 2.05) is 0 Å². The summed E-state index contributed by atoms with van der Waals surface area (Å²) in [5, 5.41) is 31.5. The number of aromatic nitrogens is 4. The molecule has 2 aromatic heterocycles. The number of aliphatic hydroxyl groups excluding tert-OH is 3. The third-order valence-corrected chi connectivity index (χ3v) is 10.2. The van der Waals surface area contributed by atoms with E-state index in [1.165, 1.54) is 23.4 Å². The van der Waals surface area contributed by atoms with Crippen molar-refractivity contribution in [3.8, 4) is 0 Å². The van der Waals surface area contributed by atoms with Crippen LogP contribution in [0, 0.1) is 0 Å². The highest BCUT2D eigenvalue weighted by molar-refractivity contribution is 7.61. The van der Waals surface area contributed by atoms with Crippen molar-refractivity contribution in [1.29, 1.82) is 0 Å². The highest BCUT2D eigenvalue weighted by Crippen LogP contribution is 2.61. The Bertz CT molecular complexity index is 1790. The molecule has 5 heterocycles. The molecule has 266 valence electrons. The fraction of sp³-hybridized carbons (Fsp3) is 0.524. The van der Waals surface area contributed by atoms with Gasteiger partial charge in [-0.15, -0.1) is 0 Å². The Hall–Kier alpha value is -2.73. The van der Waals surface area contributed by atoms with Crippen molar-refractivity contribution >= 4 is 40.5 Å². The van der Waals surface area contributed by atoms with Crippen molar-refractivity contribution in [2.24, 2.45) is 5.73 Å². The van der Waals surface area contributed by atoms with E-state index in [4.69, 9.17) is 15.2 Å². The van der Waals surface area contributed by atoms with Crippen LogP contribution in [0.3, 0.4) is 0 Å². The quantitative estimate of drug-likeness (QED) is 0.0931. The van der Waals surface area contributed by atoms with Gasteiger partial charge in [0.15, 0.2) is 23.6 Å². The zero-order valence-corrected chi connectivity index (χ0v) is 26.6. The van der Waals surface area contributed by atoms with Crippen LogP contribution < -0.4 is 11.3 Å². The van der Waals surface area contributed by atoms with Gasteiger partial charge in [0.05, 0.1) is 25.9 Å². The molecule has 0 saturated carbocycles. The fourth-order valence-corrected chi connectivity index (χ4v) is 7.56. The summed E-state index contributed by atoms with van der Waals surface area (Å²) in [5.41, 5.74) is 4.38. The fourth-order valence-electron chi connectivity index (χ4n) is 4.93. The monoisotopic (exact) mass is 746 g/mol. The Morgan fingerprint density at radius 3 is 2.23 bits per heavy atom. The van der Waals surface area contributed by atoms with Gasteiger partial charge in [0.1, 0.15) is 36.6 Å². The third kappa shape index (κ3) is 8.17. The number of phosphoric ester groups is 3. The maximum atomic E-state index is 12.5. The van der Waals surface area contributed by atoms with Crippen LogP contribution in [0.25, 0.3) is 11.2 Å². The van der Waals surface area contributed by atoms with E-state index >= 15 is 0 Å². The maximum Gasteiger partial charge on any atom is 0.481 e. The average Bonchev–Trinajstić information content (AvgIpc) is 3.64. The Morgan fingerprint density at radius 1 is 0.979 bits per heavy atom. The number of phosphoric acid groups is 3. The summed E-state index contributed by atoms with van der Waals surface area (Å²) in [6.07, 6.45) is -6.89. The van der Waals surface area contributed by atoms with Gasteiger partial charge in [0, 0.05) is 18.0 Å². The van der Waals surface area contributed by atoms with E-state index in [-0.39, 0.29) is 23.2 Å². The number of nitrogens with two attached hydrogens (primary N) is 1. The largest absolute Gasteiger partial charge is 0.481 e. The van der Waals surface area contributed by atoms with Crippen LogP contribution in [-0.2, 0) is 45.8 Å². The zero-order chi connectivity index (χ0) is 35.2. The first kappa shape index (κ1) is 36.5. The van der Waals surface area contributed by atoms with Crippen molar-refractivity contribution in [2.75, 3.05) is 13.2 Å². The molecule has 10 N–H and O–H groups in total. The molecule has 1 amide bonds. The number of carbonyl (C=O) groups excluding carboxylic acids is 1. The summed E-state index contributed by atoms with van der Waals surface area (Å²) in [4.78, 5) is 73.7. The summed E-state index contributed by atoms with van der Waals surface area (Å²) in [7, 11) is -16.3. The Balaban J connectivity index is 1.20. The minimum Gasteiger partial charge on any atom is -0.387 e. The first-order chi connectivity index (χ1) is 22.4. The van der Waals surface area contributed by atoms with Crippen molar-refractivity contribution in [2.45, 2.75) is 55.5 Å². The van der Waals surface area contributed by atoms with Gasteiger partial charge in [-0.05, 0) is 6.42 Å². The third-order valence-electron chi connectivity index (χ3n) is 7.09. The predicted molar refractivity (Wildman–Crippen MR) is 151 cm³/mol. The number of rotatable bonds is 13. The highest BCUT2D eigenvalue weighted by Gasteiger charge is 2.51. The molecule has 3 aliphatic rings. The lowest BCUT2D eigenvalue weighted by atomic mass is 10.1. The lowest BCUT2D eigenvalue weighted by Crippen LogP contribution is -2.40. The van der Waals surface area contributed by atoms with Crippen molar-refractivity contribution in [3.05, 3.63) is 47.1 Å². The summed E-state index contributed by atoms with van der Waals surface area (Å²) in [6, 6.07) is 0. The second kappa shape index (κ2) is 13.9. The topological polar surface area (TPSA) is 358 Å². The number of nitrogens with zero attached hydrogens (tertiary/aromatic N) is 4. The normalized spacial score (nSPS) is 31.9. The molecule has 48 heavy (non-hydrogen) atoms. The molecule has 0 spiro atoms. The number of carbonyl (C=O) groups is 1. The molecule has 5 rings (SSSR count). The molecule has 3 aliphatic heterocycles. The van der Waals surface area contributed by atoms with E-state index in [0.29, 0.717) is 0 Å². The number of allylic oxidation sites excluding steroid dienone is 1. The molecule has 0 bridgehead atoms. The second-order valence-electron chi connectivity index (χ2n) is 10.4. The zero-order valence-electron chi connectivity index (χ0n) is 24.0. The standard InChI is InChI=1S/C21H29N6O18P3/c22-17(31)9-2-1-3-26(4-9)20-15(30)13(28)10(42-20)5-40-47(36,37)45-48(38,39)41-6-11-14(29)16(44-46(33,34)35)21(43-11)27-8-25-12-18(27)23-7-24-19(12)32/h1,3-4,7-8,10-11,13-16,20-21,28-30H,2,5-6H2,(H2,22,31)(H,36,37)(H,38,39)(H,23,24,32)(H2,33,34,35)/t10-,11-,13?,14-,15+,16-,20-,21-/m1/s1. The Labute approximate surface area is 267 Å². The number of primary amides is 1. The molecule has 0 aliphatic carbocycles. The number of H-pyrrole nitrogens is 1. The summed E-state index contributed by atoms with van der Waals surface area (Å²) < 4.78 is 66.9. The summed E-state index contributed by atoms with van der Waals surface area (Å²) in [5.74, 6) is -0.740. The highest BCUT2D eigenvalue weighted by atomic mass is 31.3. The van der Waals surface area contributed by atoms with Crippen LogP contribution in [-0.4, -0.2) is 121 Å². The van der Waals surface area contributed by atoms with E-state index in [0.717, 1.165) is 17.2 Å². The second-order valence-corrected chi connectivity index (χ2v) is 14.6. The Morgan fingerprint density at radius 2 is 1.60 bits per heavy atom. The van der Waals surface area contributed by atoms with Crippen LogP contribution in [0.4, 0.5) is 0 Å². The molecule has 2 saturated heterocycles. The number of nitrogens with one attached hydrogen (secondary N) is 1. The van der Waals surface area contributed by atoms with Crippen LogP contribution in [0.5, 0.6) is 0 Å². The van der Waals surface area contributed by atoms with Crippen LogP contribution in [0.2, 0.25) is 0 Å². The van der Waals surface area contributed by atoms with Gasteiger partial charge in [-0.2, -0.15) is 4.31 Å². The molecule has 0 radical (unpaired) electrons. The van der Waals surface area contributed by atoms with Gasteiger partial charge >= 0.3 is 23.5 Å². The van der Waals surface area contributed by atoms with Gasteiger partial charge in [0.25, 0.3) is 5.56 Å². The van der Waals surface area contributed by atoms with Crippen LogP contribution in [0.1, 0.15) is 12.6 Å². The smallest absolute Gasteiger partial charge is 0.387 e. The lowest BCUT2D eigenvalue weighted by Gasteiger charge is -2.28.